The number of rotatable bonds is 10. The molecular formula is C16H25NO3S. The molecule has 0 aliphatic heterocycles. The van der Waals surface area contributed by atoms with Gasteiger partial charge in [-0.2, -0.15) is 0 Å². The second kappa shape index (κ2) is 11.7. The Morgan fingerprint density at radius 2 is 1.81 bits per heavy atom. The molecule has 0 fully saturated rings. The van der Waals surface area contributed by atoms with E-state index in [0.29, 0.717) is 0 Å². The van der Waals surface area contributed by atoms with Crippen molar-refractivity contribution in [1.29, 1.82) is 0 Å². The van der Waals surface area contributed by atoms with Gasteiger partial charge in [-0.05, 0) is 26.0 Å². The van der Waals surface area contributed by atoms with Gasteiger partial charge in [-0.15, -0.1) is 11.3 Å². The van der Waals surface area contributed by atoms with Crippen LogP contribution in [0.2, 0.25) is 0 Å². The van der Waals surface area contributed by atoms with Crippen molar-refractivity contribution in [3.05, 3.63) is 21.9 Å². The maximum Gasteiger partial charge on any atom is 0.104 e. The predicted octanol–water partition coefficient (Wildman–Crippen LogP) is 1.97. The Balaban J connectivity index is 2.50. The lowest BCUT2D eigenvalue weighted by molar-refractivity contribution is 0.0802. The Kier molecular flexibility index (Phi) is 10.1. The molecule has 0 unspecified atom stereocenters. The summed E-state index contributed by atoms with van der Waals surface area (Å²) in [4.78, 5) is 4.60. The Bertz CT molecular complexity index is 426. The first-order valence-corrected chi connectivity index (χ1v) is 8.18. The van der Waals surface area contributed by atoms with E-state index in [2.05, 4.69) is 22.8 Å². The Morgan fingerprint density at radius 1 is 1.14 bits per heavy atom. The van der Waals surface area contributed by atoms with Crippen molar-refractivity contribution in [1.82, 2.24) is 4.90 Å². The lowest BCUT2D eigenvalue weighted by Crippen LogP contribution is -2.30. The molecule has 0 aliphatic carbocycles. The molecule has 1 rings (SSSR count). The number of aliphatic hydroxyl groups is 1. The minimum Gasteiger partial charge on any atom is -0.384 e. The summed E-state index contributed by atoms with van der Waals surface area (Å²) in [6, 6.07) is 4.10. The second-order valence-electron chi connectivity index (χ2n) is 4.40. The molecule has 0 aliphatic rings. The molecular weight excluding hydrogens is 286 g/mol. The molecule has 118 valence electrons. The van der Waals surface area contributed by atoms with Gasteiger partial charge in [0.05, 0.1) is 18.1 Å². The van der Waals surface area contributed by atoms with E-state index in [-0.39, 0.29) is 6.61 Å². The first-order valence-electron chi connectivity index (χ1n) is 7.36. The van der Waals surface area contributed by atoms with Crippen LogP contribution in [0.25, 0.3) is 0 Å². The quantitative estimate of drug-likeness (QED) is 0.530. The fourth-order valence-corrected chi connectivity index (χ4v) is 2.75. The molecule has 1 heterocycles. The summed E-state index contributed by atoms with van der Waals surface area (Å²) >= 11 is 1.67. The predicted molar refractivity (Wildman–Crippen MR) is 86.5 cm³/mol. The van der Waals surface area contributed by atoms with Crippen LogP contribution in [0.3, 0.4) is 0 Å². The summed E-state index contributed by atoms with van der Waals surface area (Å²) in [5.74, 6) is 5.62. The summed E-state index contributed by atoms with van der Waals surface area (Å²) in [6.45, 7) is 9.58. The summed E-state index contributed by atoms with van der Waals surface area (Å²) in [5.41, 5.74) is 0. The molecule has 5 heteroatoms. The van der Waals surface area contributed by atoms with Gasteiger partial charge in [0.15, 0.2) is 0 Å². The molecule has 4 nitrogen and oxygen atoms in total. The van der Waals surface area contributed by atoms with Crippen molar-refractivity contribution in [2.75, 3.05) is 46.1 Å². The van der Waals surface area contributed by atoms with Gasteiger partial charge in [-0.25, -0.2) is 0 Å². The minimum atomic E-state index is -0.0952. The Hall–Kier alpha value is -0.900. The van der Waals surface area contributed by atoms with Crippen LogP contribution in [0, 0.1) is 11.8 Å². The van der Waals surface area contributed by atoms with Crippen LogP contribution in [0.5, 0.6) is 0 Å². The zero-order valence-corrected chi connectivity index (χ0v) is 13.7. The van der Waals surface area contributed by atoms with Crippen molar-refractivity contribution in [3.63, 3.8) is 0 Å². The molecule has 0 saturated carbocycles. The average Bonchev–Trinajstić information content (AvgIpc) is 2.93. The van der Waals surface area contributed by atoms with E-state index in [0.717, 1.165) is 50.9 Å². The SMILES string of the molecule is CCOCCN(CCOCC)Cc1ccc(C#CCO)s1. The molecule has 0 amide bonds. The number of aliphatic hydroxyl groups excluding tert-OH is 1. The average molecular weight is 311 g/mol. The largest absolute Gasteiger partial charge is 0.384 e. The standard InChI is InChI=1S/C16H25NO3S/c1-3-19-12-9-17(10-13-20-4-2)14-16-8-7-15(21-16)6-5-11-18/h7-8,18H,3-4,9-14H2,1-2H3. The van der Waals surface area contributed by atoms with E-state index in [1.165, 1.54) is 4.88 Å². The van der Waals surface area contributed by atoms with E-state index < -0.39 is 0 Å². The summed E-state index contributed by atoms with van der Waals surface area (Å²) in [7, 11) is 0. The molecule has 21 heavy (non-hydrogen) atoms. The van der Waals surface area contributed by atoms with Crippen molar-refractivity contribution in [2.45, 2.75) is 20.4 Å². The number of nitrogens with zero attached hydrogens (tertiary/aromatic N) is 1. The zero-order valence-electron chi connectivity index (χ0n) is 12.9. The summed E-state index contributed by atoms with van der Waals surface area (Å²) in [5, 5.41) is 8.72. The summed E-state index contributed by atoms with van der Waals surface area (Å²) < 4.78 is 10.9. The lowest BCUT2D eigenvalue weighted by Gasteiger charge is -2.21. The van der Waals surface area contributed by atoms with Crippen LogP contribution in [-0.4, -0.2) is 56.1 Å². The molecule has 0 atom stereocenters. The first kappa shape index (κ1) is 18.1. The van der Waals surface area contributed by atoms with Crippen molar-refractivity contribution >= 4 is 11.3 Å². The molecule has 1 aromatic heterocycles. The molecule has 0 spiro atoms. The molecule has 0 bridgehead atoms. The molecule has 1 aromatic rings. The van der Waals surface area contributed by atoms with Crippen LogP contribution in [-0.2, 0) is 16.0 Å². The van der Waals surface area contributed by atoms with E-state index in [1.54, 1.807) is 11.3 Å². The monoisotopic (exact) mass is 311 g/mol. The number of thiophene rings is 1. The van der Waals surface area contributed by atoms with Crippen LogP contribution in [0.1, 0.15) is 23.6 Å². The van der Waals surface area contributed by atoms with E-state index in [1.807, 2.05) is 19.9 Å². The lowest BCUT2D eigenvalue weighted by atomic mass is 10.3. The van der Waals surface area contributed by atoms with Gasteiger partial charge in [-0.1, -0.05) is 11.8 Å². The number of ether oxygens (including phenoxy) is 2. The van der Waals surface area contributed by atoms with Gasteiger partial charge in [0, 0.05) is 37.7 Å². The van der Waals surface area contributed by atoms with Gasteiger partial charge < -0.3 is 14.6 Å². The van der Waals surface area contributed by atoms with Crippen molar-refractivity contribution in [2.24, 2.45) is 0 Å². The maximum absolute atomic E-state index is 8.72. The highest BCUT2D eigenvalue weighted by Gasteiger charge is 2.08. The summed E-state index contributed by atoms with van der Waals surface area (Å²) in [6.07, 6.45) is 0. The van der Waals surface area contributed by atoms with Gasteiger partial charge in [0.2, 0.25) is 0 Å². The maximum atomic E-state index is 8.72. The molecule has 0 aromatic carbocycles. The van der Waals surface area contributed by atoms with Gasteiger partial charge >= 0.3 is 0 Å². The third-order valence-electron chi connectivity index (χ3n) is 2.84. The minimum absolute atomic E-state index is 0.0952. The normalized spacial score (nSPS) is 10.7. The third-order valence-corrected chi connectivity index (χ3v) is 3.83. The van der Waals surface area contributed by atoms with Gasteiger partial charge in [-0.3, -0.25) is 4.90 Å². The molecule has 0 saturated heterocycles. The molecule has 0 radical (unpaired) electrons. The second-order valence-corrected chi connectivity index (χ2v) is 5.56. The number of hydrogen-bond acceptors (Lipinski definition) is 5. The van der Waals surface area contributed by atoms with E-state index in [4.69, 9.17) is 14.6 Å². The van der Waals surface area contributed by atoms with Crippen molar-refractivity contribution in [3.8, 4) is 11.8 Å². The van der Waals surface area contributed by atoms with Crippen LogP contribution in [0.15, 0.2) is 12.1 Å². The molecule has 1 N–H and O–H groups in total. The van der Waals surface area contributed by atoms with Gasteiger partial charge in [0.25, 0.3) is 0 Å². The fourth-order valence-electron chi connectivity index (χ4n) is 1.82. The van der Waals surface area contributed by atoms with Crippen LogP contribution in [0.4, 0.5) is 0 Å². The third kappa shape index (κ3) is 8.20. The highest BCUT2D eigenvalue weighted by atomic mass is 32.1. The highest BCUT2D eigenvalue weighted by molar-refractivity contribution is 7.12. The highest BCUT2D eigenvalue weighted by Crippen LogP contribution is 2.17. The first-order chi connectivity index (χ1) is 10.3. The van der Waals surface area contributed by atoms with Crippen molar-refractivity contribution < 1.29 is 14.6 Å². The topological polar surface area (TPSA) is 41.9 Å². The smallest absolute Gasteiger partial charge is 0.104 e. The van der Waals surface area contributed by atoms with E-state index in [9.17, 15) is 0 Å². The van der Waals surface area contributed by atoms with Crippen LogP contribution >= 0.6 is 11.3 Å². The van der Waals surface area contributed by atoms with Gasteiger partial charge in [0.1, 0.15) is 6.61 Å². The number of hydrogen-bond donors (Lipinski definition) is 1. The van der Waals surface area contributed by atoms with Crippen LogP contribution < -0.4 is 0 Å². The zero-order chi connectivity index (χ0) is 15.3. The van der Waals surface area contributed by atoms with E-state index >= 15 is 0 Å². The fraction of sp³-hybridized carbons (Fsp3) is 0.625. The Labute approximate surface area is 131 Å². The Morgan fingerprint density at radius 3 is 2.38 bits per heavy atom.